The molecule has 0 unspecified atom stereocenters. The van der Waals surface area contributed by atoms with Crippen LogP contribution in [0.5, 0.6) is 5.75 Å². The van der Waals surface area contributed by atoms with Crippen LogP contribution in [-0.2, 0) is 0 Å². The van der Waals surface area contributed by atoms with E-state index in [0.29, 0.717) is 11.4 Å². The molecule has 0 radical (unpaired) electrons. The van der Waals surface area contributed by atoms with Crippen molar-refractivity contribution in [1.82, 2.24) is 4.98 Å². The zero-order valence-electron chi connectivity index (χ0n) is 6.59. The number of ether oxygens (including phenoxy) is 1. The van der Waals surface area contributed by atoms with Crippen LogP contribution in [0.15, 0.2) is 12.3 Å². The van der Waals surface area contributed by atoms with Gasteiger partial charge in [-0.2, -0.15) is 0 Å². The van der Waals surface area contributed by atoms with Crippen LogP contribution in [0.2, 0.25) is 0 Å². The first kappa shape index (κ1) is 7.62. The van der Waals surface area contributed by atoms with Crippen LogP contribution in [0.25, 0.3) is 0 Å². The second kappa shape index (κ2) is 3.07. The standard InChI is InChI=1S/C9H9NO/c1-4-8-9(11-3)5-7(2)6-10-8/h1,5-6H,2-3H3. The van der Waals surface area contributed by atoms with Gasteiger partial charge in [0.2, 0.25) is 0 Å². The summed E-state index contributed by atoms with van der Waals surface area (Å²) in [6, 6.07) is 1.86. The van der Waals surface area contributed by atoms with Crippen molar-refractivity contribution in [2.24, 2.45) is 0 Å². The van der Waals surface area contributed by atoms with Gasteiger partial charge in [-0.25, -0.2) is 4.98 Å². The van der Waals surface area contributed by atoms with E-state index in [1.807, 2.05) is 13.0 Å². The maximum absolute atomic E-state index is 5.18. The Kier molecular flexibility index (Phi) is 2.12. The molecule has 1 heterocycles. The second-order valence-electron chi connectivity index (χ2n) is 2.21. The summed E-state index contributed by atoms with van der Waals surface area (Å²) in [5, 5.41) is 0. The molecule has 0 saturated heterocycles. The maximum Gasteiger partial charge on any atom is 0.154 e. The van der Waals surface area contributed by atoms with Gasteiger partial charge in [-0.1, -0.05) is 0 Å². The number of hydrogen-bond acceptors (Lipinski definition) is 2. The Hall–Kier alpha value is -1.49. The third-order valence-electron chi connectivity index (χ3n) is 1.35. The van der Waals surface area contributed by atoms with Crippen LogP contribution in [0.4, 0.5) is 0 Å². The Labute approximate surface area is 66.2 Å². The van der Waals surface area contributed by atoms with Crippen molar-refractivity contribution in [1.29, 1.82) is 0 Å². The molecular weight excluding hydrogens is 138 g/mol. The highest BCUT2D eigenvalue weighted by atomic mass is 16.5. The Bertz CT molecular complexity index is 299. The molecule has 56 valence electrons. The molecule has 2 nitrogen and oxygen atoms in total. The van der Waals surface area contributed by atoms with Crippen LogP contribution in [0.3, 0.4) is 0 Å². The summed E-state index contributed by atoms with van der Waals surface area (Å²) >= 11 is 0. The molecule has 0 N–H and O–H groups in total. The van der Waals surface area contributed by atoms with E-state index in [2.05, 4.69) is 10.9 Å². The number of pyridine rings is 1. The van der Waals surface area contributed by atoms with E-state index in [1.54, 1.807) is 13.3 Å². The summed E-state index contributed by atoms with van der Waals surface area (Å²) in [6.45, 7) is 1.94. The molecule has 11 heavy (non-hydrogen) atoms. The SMILES string of the molecule is C#Cc1ncc(C)cc1OC. The summed E-state index contributed by atoms with van der Waals surface area (Å²) < 4.78 is 5.01. The number of hydrogen-bond donors (Lipinski definition) is 0. The topological polar surface area (TPSA) is 22.1 Å². The van der Waals surface area contributed by atoms with Gasteiger partial charge in [-0.3, -0.25) is 0 Å². The number of methoxy groups -OCH3 is 1. The Balaban J connectivity index is 3.19. The minimum absolute atomic E-state index is 0.554. The smallest absolute Gasteiger partial charge is 0.154 e. The number of terminal acetylenes is 1. The summed E-state index contributed by atoms with van der Waals surface area (Å²) in [7, 11) is 1.58. The van der Waals surface area contributed by atoms with Crippen molar-refractivity contribution in [2.45, 2.75) is 6.92 Å². The normalized spacial score (nSPS) is 8.82. The number of nitrogens with zero attached hydrogens (tertiary/aromatic N) is 1. The van der Waals surface area contributed by atoms with Crippen molar-refractivity contribution in [3.63, 3.8) is 0 Å². The lowest BCUT2D eigenvalue weighted by Crippen LogP contribution is -1.91. The summed E-state index contributed by atoms with van der Waals surface area (Å²) in [5.74, 6) is 3.10. The zero-order chi connectivity index (χ0) is 8.27. The van der Waals surface area contributed by atoms with Crippen molar-refractivity contribution >= 4 is 0 Å². The van der Waals surface area contributed by atoms with Gasteiger partial charge in [0.25, 0.3) is 0 Å². The molecule has 0 atom stereocenters. The number of aryl methyl sites for hydroxylation is 1. The van der Waals surface area contributed by atoms with Crippen LogP contribution in [0, 0.1) is 19.3 Å². The van der Waals surface area contributed by atoms with E-state index in [0.717, 1.165) is 5.56 Å². The van der Waals surface area contributed by atoms with E-state index in [9.17, 15) is 0 Å². The van der Waals surface area contributed by atoms with E-state index in [4.69, 9.17) is 11.2 Å². The van der Waals surface area contributed by atoms with E-state index in [1.165, 1.54) is 0 Å². The summed E-state index contributed by atoms with van der Waals surface area (Å²) in [6.07, 6.45) is 6.90. The van der Waals surface area contributed by atoms with Crippen molar-refractivity contribution < 1.29 is 4.74 Å². The molecule has 0 amide bonds. The van der Waals surface area contributed by atoms with E-state index < -0.39 is 0 Å². The number of aromatic nitrogens is 1. The fourth-order valence-electron chi connectivity index (χ4n) is 0.806. The van der Waals surface area contributed by atoms with Gasteiger partial charge < -0.3 is 4.74 Å². The van der Waals surface area contributed by atoms with Crippen LogP contribution in [0.1, 0.15) is 11.3 Å². The molecule has 1 aromatic heterocycles. The van der Waals surface area contributed by atoms with Gasteiger partial charge in [0.15, 0.2) is 11.4 Å². The average molecular weight is 147 g/mol. The van der Waals surface area contributed by atoms with Crippen molar-refractivity contribution in [3.8, 4) is 18.1 Å². The van der Waals surface area contributed by atoms with Gasteiger partial charge in [0.1, 0.15) is 0 Å². The molecule has 0 saturated carbocycles. The van der Waals surface area contributed by atoms with Gasteiger partial charge in [0, 0.05) is 6.20 Å². The molecule has 0 aliphatic carbocycles. The predicted molar refractivity (Wildman–Crippen MR) is 43.5 cm³/mol. The lowest BCUT2D eigenvalue weighted by atomic mass is 10.2. The maximum atomic E-state index is 5.18. The Morgan fingerprint density at radius 1 is 1.64 bits per heavy atom. The lowest BCUT2D eigenvalue weighted by molar-refractivity contribution is 0.411. The summed E-state index contributed by atoms with van der Waals surface area (Å²) in [4.78, 5) is 4.01. The number of rotatable bonds is 1. The van der Waals surface area contributed by atoms with Crippen molar-refractivity contribution in [3.05, 3.63) is 23.5 Å². The van der Waals surface area contributed by atoms with Gasteiger partial charge >= 0.3 is 0 Å². The van der Waals surface area contributed by atoms with Crippen LogP contribution >= 0.6 is 0 Å². The molecule has 0 spiro atoms. The predicted octanol–water partition coefficient (Wildman–Crippen LogP) is 1.38. The van der Waals surface area contributed by atoms with Gasteiger partial charge in [0.05, 0.1) is 7.11 Å². The first-order valence-corrected chi connectivity index (χ1v) is 3.25. The minimum Gasteiger partial charge on any atom is -0.494 e. The average Bonchev–Trinajstić information content (AvgIpc) is 2.04. The molecule has 0 aliphatic heterocycles. The molecule has 1 aromatic rings. The van der Waals surface area contributed by atoms with E-state index >= 15 is 0 Å². The third kappa shape index (κ3) is 1.50. The molecule has 0 aromatic carbocycles. The first-order chi connectivity index (χ1) is 5.27. The Morgan fingerprint density at radius 3 is 2.91 bits per heavy atom. The fourth-order valence-corrected chi connectivity index (χ4v) is 0.806. The molecule has 0 bridgehead atoms. The van der Waals surface area contributed by atoms with Crippen LogP contribution in [-0.4, -0.2) is 12.1 Å². The highest BCUT2D eigenvalue weighted by molar-refractivity contribution is 5.40. The highest BCUT2D eigenvalue weighted by Crippen LogP contribution is 2.15. The molecule has 0 fully saturated rings. The Morgan fingerprint density at radius 2 is 2.36 bits per heavy atom. The van der Waals surface area contributed by atoms with Gasteiger partial charge in [-0.15, -0.1) is 6.42 Å². The monoisotopic (exact) mass is 147 g/mol. The molecular formula is C9H9NO. The lowest BCUT2D eigenvalue weighted by Gasteiger charge is -2.01. The molecule has 0 aliphatic rings. The highest BCUT2D eigenvalue weighted by Gasteiger charge is 1.99. The molecule has 2 heteroatoms. The third-order valence-corrected chi connectivity index (χ3v) is 1.35. The second-order valence-corrected chi connectivity index (χ2v) is 2.21. The molecule has 1 rings (SSSR count). The fraction of sp³-hybridized carbons (Fsp3) is 0.222. The largest absolute Gasteiger partial charge is 0.494 e. The van der Waals surface area contributed by atoms with E-state index in [-0.39, 0.29) is 0 Å². The van der Waals surface area contributed by atoms with Gasteiger partial charge in [-0.05, 0) is 24.5 Å². The van der Waals surface area contributed by atoms with Crippen LogP contribution < -0.4 is 4.74 Å². The van der Waals surface area contributed by atoms with Crippen molar-refractivity contribution in [2.75, 3.05) is 7.11 Å². The first-order valence-electron chi connectivity index (χ1n) is 3.25. The summed E-state index contributed by atoms with van der Waals surface area (Å²) in [5.41, 5.74) is 1.60. The zero-order valence-corrected chi connectivity index (χ0v) is 6.59. The minimum atomic E-state index is 0.554. The quantitative estimate of drug-likeness (QED) is 0.560.